The van der Waals surface area contributed by atoms with Crippen LogP contribution in [-0.4, -0.2) is 41.8 Å². The van der Waals surface area contributed by atoms with Crippen molar-refractivity contribution < 1.29 is 28.6 Å². The number of aliphatic hydroxyl groups excluding tert-OH is 1. The molecule has 1 saturated carbocycles. The van der Waals surface area contributed by atoms with E-state index >= 15 is 0 Å². The molecule has 0 radical (unpaired) electrons. The molecule has 2 heterocycles. The van der Waals surface area contributed by atoms with Crippen LogP contribution < -0.4 is 15.4 Å². The molecule has 0 aromatic heterocycles. The third-order valence-electron chi connectivity index (χ3n) is 6.75. The van der Waals surface area contributed by atoms with Gasteiger partial charge in [-0.05, 0) is 61.1 Å². The van der Waals surface area contributed by atoms with E-state index in [-0.39, 0.29) is 49.2 Å². The first-order chi connectivity index (χ1) is 16.5. The summed E-state index contributed by atoms with van der Waals surface area (Å²) in [4.78, 5) is 24.8. The SMILES string of the molecule is O=C(C[C@H]1C[C@@H]2c3cc(NC(=O)CC4CC4)ccc3O[C@@H]2[C@H](CO)O1)NCc1cccc(F)c1. The quantitative estimate of drug-likeness (QED) is 0.553. The molecule has 5 rings (SSSR count). The number of nitrogens with one attached hydrogen (secondary N) is 2. The van der Waals surface area contributed by atoms with Gasteiger partial charge in [-0.2, -0.15) is 0 Å². The molecule has 2 fully saturated rings. The first-order valence-electron chi connectivity index (χ1n) is 11.9. The Morgan fingerprint density at radius 2 is 1.94 bits per heavy atom. The lowest BCUT2D eigenvalue weighted by Crippen LogP contribution is -2.47. The van der Waals surface area contributed by atoms with Crippen LogP contribution >= 0.6 is 0 Å². The summed E-state index contributed by atoms with van der Waals surface area (Å²) >= 11 is 0. The van der Waals surface area contributed by atoms with Crippen LogP contribution in [0.1, 0.15) is 49.1 Å². The van der Waals surface area contributed by atoms with E-state index in [1.165, 1.54) is 12.1 Å². The van der Waals surface area contributed by atoms with Crippen molar-refractivity contribution in [2.24, 2.45) is 5.92 Å². The number of carbonyl (C=O) groups is 2. The molecule has 180 valence electrons. The number of fused-ring (bicyclic) bond motifs is 3. The van der Waals surface area contributed by atoms with Gasteiger partial charge in [0.1, 0.15) is 23.8 Å². The van der Waals surface area contributed by atoms with Crippen LogP contribution in [0, 0.1) is 11.7 Å². The lowest BCUT2D eigenvalue weighted by atomic mass is 9.84. The Labute approximate surface area is 197 Å². The number of aliphatic hydroxyl groups is 1. The molecule has 0 bridgehead atoms. The van der Waals surface area contributed by atoms with Gasteiger partial charge in [-0.1, -0.05) is 12.1 Å². The van der Waals surface area contributed by atoms with Crippen molar-refractivity contribution in [1.29, 1.82) is 0 Å². The number of hydrogen-bond donors (Lipinski definition) is 3. The molecule has 2 aromatic carbocycles. The highest BCUT2D eigenvalue weighted by atomic mass is 19.1. The minimum atomic E-state index is -0.555. The van der Waals surface area contributed by atoms with Gasteiger partial charge in [-0.25, -0.2) is 4.39 Å². The molecule has 2 aliphatic heterocycles. The molecule has 0 spiro atoms. The first kappa shape index (κ1) is 22.8. The first-order valence-corrected chi connectivity index (χ1v) is 11.9. The summed E-state index contributed by atoms with van der Waals surface area (Å²) in [5.41, 5.74) is 2.37. The van der Waals surface area contributed by atoms with Gasteiger partial charge in [0.25, 0.3) is 0 Å². The molecule has 2 aromatic rings. The number of rotatable bonds is 8. The lowest BCUT2D eigenvalue weighted by Gasteiger charge is -2.37. The second-order valence-electron chi connectivity index (χ2n) is 9.46. The van der Waals surface area contributed by atoms with Crippen LogP contribution in [0.15, 0.2) is 42.5 Å². The third-order valence-corrected chi connectivity index (χ3v) is 6.75. The van der Waals surface area contributed by atoms with Crippen molar-refractivity contribution in [1.82, 2.24) is 5.32 Å². The molecule has 3 N–H and O–H groups in total. The smallest absolute Gasteiger partial charge is 0.224 e. The minimum absolute atomic E-state index is 0.0194. The molecule has 1 aliphatic carbocycles. The summed E-state index contributed by atoms with van der Waals surface area (Å²) in [6.07, 6.45) is 2.18. The number of anilines is 1. The fourth-order valence-electron chi connectivity index (χ4n) is 4.89. The van der Waals surface area contributed by atoms with Gasteiger partial charge < -0.3 is 25.2 Å². The molecule has 3 aliphatic rings. The number of amides is 2. The molecule has 0 unspecified atom stereocenters. The zero-order valence-electron chi connectivity index (χ0n) is 18.8. The van der Waals surface area contributed by atoms with Crippen LogP contribution in [0.25, 0.3) is 0 Å². The highest BCUT2D eigenvalue weighted by Gasteiger charge is 2.46. The van der Waals surface area contributed by atoms with Gasteiger partial charge in [-0.15, -0.1) is 0 Å². The Hall–Kier alpha value is -2.97. The third kappa shape index (κ3) is 5.23. The maximum absolute atomic E-state index is 13.4. The Morgan fingerprint density at radius 1 is 1.09 bits per heavy atom. The molecular weight excluding hydrogens is 439 g/mol. The van der Waals surface area contributed by atoms with Crippen LogP contribution in [0.5, 0.6) is 5.75 Å². The van der Waals surface area contributed by atoms with Crippen LogP contribution in [0.3, 0.4) is 0 Å². The Bertz CT molecular complexity index is 1070. The second-order valence-corrected chi connectivity index (χ2v) is 9.46. The molecule has 7 nitrogen and oxygen atoms in total. The monoisotopic (exact) mass is 468 g/mol. The summed E-state index contributed by atoms with van der Waals surface area (Å²) in [5.74, 6) is 0.643. The van der Waals surface area contributed by atoms with Crippen molar-refractivity contribution in [2.45, 2.75) is 62.9 Å². The fraction of sp³-hybridized carbons (Fsp3) is 0.462. The van der Waals surface area contributed by atoms with E-state index in [4.69, 9.17) is 9.47 Å². The average Bonchev–Trinajstić information content (AvgIpc) is 3.55. The van der Waals surface area contributed by atoms with Gasteiger partial charge >= 0.3 is 0 Å². The van der Waals surface area contributed by atoms with Crippen molar-refractivity contribution >= 4 is 17.5 Å². The number of carbonyl (C=O) groups excluding carboxylic acids is 2. The van der Waals surface area contributed by atoms with Gasteiger partial charge in [0.05, 0.1) is 19.1 Å². The predicted octanol–water partition coefficient (Wildman–Crippen LogP) is 3.27. The van der Waals surface area contributed by atoms with E-state index in [0.717, 1.165) is 24.1 Å². The van der Waals surface area contributed by atoms with E-state index in [0.29, 0.717) is 30.1 Å². The van der Waals surface area contributed by atoms with Gasteiger partial charge in [-0.3, -0.25) is 9.59 Å². The summed E-state index contributed by atoms with van der Waals surface area (Å²) < 4.78 is 25.4. The maximum Gasteiger partial charge on any atom is 0.224 e. The average molecular weight is 469 g/mol. The van der Waals surface area contributed by atoms with Gasteiger partial charge in [0.15, 0.2) is 0 Å². The van der Waals surface area contributed by atoms with E-state index in [9.17, 15) is 19.1 Å². The second kappa shape index (κ2) is 9.72. The normalized spacial score (nSPS) is 25.1. The number of halogens is 1. The maximum atomic E-state index is 13.4. The van der Waals surface area contributed by atoms with Crippen LogP contribution in [0.2, 0.25) is 0 Å². The molecule has 34 heavy (non-hydrogen) atoms. The van der Waals surface area contributed by atoms with Crippen LogP contribution in [0.4, 0.5) is 10.1 Å². The molecule has 2 amide bonds. The summed E-state index contributed by atoms with van der Waals surface area (Å²) in [5, 5.41) is 15.7. The van der Waals surface area contributed by atoms with Crippen molar-refractivity contribution in [3.8, 4) is 5.75 Å². The molecule has 4 atom stereocenters. The largest absolute Gasteiger partial charge is 0.487 e. The molecule has 8 heteroatoms. The fourth-order valence-corrected chi connectivity index (χ4v) is 4.89. The Kier molecular flexibility index (Phi) is 6.52. The van der Waals surface area contributed by atoms with Gasteiger partial charge in [0, 0.05) is 30.1 Å². The highest BCUT2D eigenvalue weighted by molar-refractivity contribution is 5.91. The summed E-state index contributed by atoms with van der Waals surface area (Å²) in [7, 11) is 0. The molecular formula is C26H29FN2O5. The lowest BCUT2D eigenvalue weighted by molar-refractivity contribution is -0.142. The van der Waals surface area contributed by atoms with Gasteiger partial charge in [0.2, 0.25) is 11.8 Å². The Morgan fingerprint density at radius 3 is 2.71 bits per heavy atom. The zero-order chi connectivity index (χ0) is 23.7. The number of ether oxygens (including phenoxy) is 2. The minimum Gasteiger partial charge on any atom is -0.487 e. The van der Waals surface area contributed by atoms with Crippen molar-refractivity contribution in [3.63, 3.8) is 0 Å². The van der Waals surface area contributed by atoms with E-state index in [2.05, 4.69) is 10.6 Å². The van der Waals surface area contributed by atoms with E-state index < -0.39 is 12.2 Å². The van der Waals surface area contributed by atoms with Crippen molar-refractivity contribution in [3.05, 3.63) is 59.4 Å². The van der Waals surface area contributed by atoms with E-state index in [1.54, 1.807) is 12.1 Å². The summed E-state index contributed by atoms with van der Waals surface area (Å²) in [6, 6.07) is 11.7. The predicted molar refractivity (Wildman–Crippen MR) is 123 cm³/mol. The highest BCUT2D eigenvalue weighted by Crippen LogP contribution is 2.47. The standard InChI is InChI=1S/C26H29FN2O5/c27-17-3-1-2-16(8-17)13-28-24(31)12-19-11-21-20-10-18(29-25(32)9-15-4-5-15)6-7-22(20)34-26(21)23(14-30)33-19/h1-3,6-8,10,15,19,21,23,26,30H,4-5,9,11-14H2,(H,28,31)(H,29,32)/t19-,21-,23+,26+/m1/s1. The number of hydrogen-bond acceptors (Lipinski definition) is 5. The van der Waals surface area contributed by atoms with Crippen molar-refractivity contribution in [2.75, 3.05) is 11.9 Å². The number of benzene rings is 2. The summed E-state index contributed by atoms with van der Waals surface area (Å²) in [6.45, 7) is 0.0101. The van der Waals surface area contributed by atoms with E-state index in [1.807, 2.05) is 18.2 Å². The topological polar surface area (TPSA) is 96.9 Å². The zero-order valence-corrected chi connectivity index (χ0v) is 18.8. The molecule has 1 saturated heterocycles. The van der Waals surface area contributed by atoms with Crippen LogP contribution in [-0.2, 0) is 20.9 Å². The Balaban J connectivity index is 1.23.